The van der Waals surface area contributed by atoms with Crippen LogP contribution < -0.4 is 18.9 Å². The summed E-state index contributed by atoms with van der Waals surface area (Å²) in [6.07, 6.45) is 4.18. The third kappa shape index (κ3) is 1.97. The van der Waals surface area contributed by atoms with Crippen LogP contribution in [0.3, 0.4) is 0 Å². The van der Waals surface area contributed by atoms with Crippen molar-refractivity contribution < 1.29 is 18.9 Å². The van der Waals surface area contributed by atoms with Gasteiger partial charge in [0.25, 0.3) is 0 Å². The zero-order chi connectivity index (χ0) is 8.60. The number of hydrogen-bond donors (Lipinski definition) is 0. The van der Waals surface area contributed by atoms with E-state index in [0.29, 0.717) is 11.6 Å². The first-order valence-corrected chi connectivity index (χ1v) is 5.15. The Morgan fingerprint density at radius 2 is 2.00 bits per heavy atom. The molecule has 1 heterocycles. The van der Waals surface area contributed by atoms with Crippen molar-refractivity contribution >= 4 is 0 Å². The van der Waals surface area contributed by atoms with E-state index >= 15 is 0 Å². The van der Waals surface area contributed by atoms with Crippen LogP contribution in [0.25, 0.3) is 5.32 Å². The molecule has 0 unspecified atom stereocenters. The number of rotatable bonds is 1. The van der Waals surface area contributed by atoms with E-state index in [-0.39, 0.29) is 18.9 Å². The molecule has 0 atom stereocenters. The molecule has 0 aromatic heterocycles. The van der Waals surface area contributed by atoms with Crippen LogP contribution in [0.4, 0.5) is 0 Å². The van der Waals surface area contributed by atoms with E-state index in [2.05, 4.69) is 24.1 Å². The monoisotopic (exact) mass is 174 g/mol. The molecule has 2 aliphatic rings. The van der Waals surface area contributed by atoms with Gasteiger partial charge in [0.1, 0.15) is 0 Å². The van der Waals surface area contributed by atoms with Gasteiger partial charge in [0.05, 0.1) is 0 Å². The average molecular weight is 174 g/mol. The molecule has 0 aromatic carbocycles. The molecule has 0 radical (unpaired) electrons. The van der Waals surface area contributed by atoms with Gasteiger partial charge in [-0.1, -0.05) is 0 Å². The second-order valence-electron chi connectivity index (χ2n) is 4.47. The maximum Gasteiger partial charge on any atom is 1.00 e. The van der Waals surface area contributed by atoms with E-state index in [0.717, 1.165) is 13.1 Å². The molecule has 2 fully saturated rings. The Labute approximate surface area is 93.6 Å². The van der Waals surface area contributed by atoms with Crippen molar-refractivity contribution in [1.29, 1.82) is 0 Å². The molecule has 13 heavy (non-hydrogen) atoms. The fourth-order valence-corrected chi connectivity index (χ4v) is 2.63. The second kappa shape index (κ2) is 4.36. The fraction of sp³-hybridized carbons (Fsp3) is 1.00. The topological polar surface area (TPSA) is 17.3 Å². The Morgan fingerprint density at radius 3 is 2.38 bits per heavy atom. The van der Waals surface area contributed by atoms with Gasteiger partial charge in [-0.2, -0.15) is 0 Å². The van der Waals surface area contributed by atoms with Crippen molar-refractivity contribution in [2.45, 2.75) is 44.7 Å². The predicted molar refractivity (Wildman–Crippen MR) is 51.5 cm³/mol. The first-order valence-electron chi connectivity index (χ1n) is 5.15. The second-order valence-corrected chi connectivity index (χ2v) is 4.47. The average Bonchev–Trinajstić information content (AvgIpc) is 2.01. The first-order chi connectivity index (χ1) is 5.75. The van der Waals surface area contributed by atoms with Crippen LogP contribution in [0.1, 0.15) is 33.1 Å². The van der Waals surface area contributed by atoms with Crippen molar-refractivity contribution in [3.63, 3.8) is 0 Å². The van der Waals surface area contributed by atoms with Crippen LogP contribution in [-0.2, 0) is 0 Å². The van der Waals surface area contributed by atoms with Crippen molar-refractivity contribution in [1.82, 2.24) is 4.90 Å². The Balaban J connectivity index is 0.000000845. The van der Waals surface area contributed by atoms with Crippen LogP contribution in [0, 0.1) is 0 Å². The largest absolute Gasteiger partial charge is 1.00 e. The number of nitrogens with zero attached hydrogens (tertiary/aromatic N) is 2. The van der Waals surface area contributed by atoms with Crippen LogP contribution in [0.5, 0.6) is 0 Å². The third-order valence-electron chi connectivity index (χ3n) is 3.42. The molecule has 70 valence electrons. The Hall–Kier alpha value is 0.517. The maximum atomic E-state index is 4.54. The van der Waals surface area contributed by atoms with Gasteiger partial charge in [-0.05, 0) is 39.7 Å². The summed E-state index contributed by atoms with van der Waals surface area (Å²) in [5, 5.41) is 4.54. The number of piperazine rings is 1. The molecular formula is C10H19LiN2. The SMILES string of the molecule is CC(C)N1CC[N-]CC12CCC2.[Li+]. The summed E-state index contributed by atoms with van der Waals surface area (Å²) in [6, 6.07) is 0.709. The van der Waals surface area contributed by atoms with Crippen molar-refractivity contribution in [2.75, 3.05) is 19.6 Å². The molecule has 0 bridgehead atoms. The van der Waals surface area contributed by atoms with Gasteiger partial charge < -0.3 is 5.32 Å². The van der Waals surface area contributed by atoms with E-state index in [1.807, 2.05) is 0 Å². The quantitative estimate of drug-likeness (QED) is 0.467. The molecule has 1 saturated heterocycles. The Kier molecular flexibility index (Phi) is 3.89. The summed E-state index contributed by atoms with van der Waals surface area (Å²) in [4.78, 5) is 2.67. The standard InChI is InChI=1S/C10H19N2.Li/c1-9(2)12-7-6-11-8-10(12)4-3-5-10;/h9H,3-8H2,1-2H3;/q-1;+1. The van der Waals surface area contributed by atoms with E-state index in [1.54, 1.807) is 0 Å². The normalized spacial score (nSPS) is 27.0. The van der Waals surface area contributed by atoms with Gasteiger partial charge >= 0.3 is 18.9 Å². The van der Waals surface area contributed by atoms with Gasteiger partial charge in [0.2, 0.25) is 0 Å². The van der Waals surface area contributed by atoms with Crippen molar-refractivity contribution in [3.05, 3.63) is 5.32 Å². The minimum atomic E-state index is 0. The molecule has 1 saturated carbocycles. The van der Waals surface area contributed by atoms with E-state index in [9.17, 15) is 0 Å². The molecule has 1 aliphatic heterocycles. The summed E-state index contributed by atoms with van der Waals surface area (Å²) in [5.74, 6) is 0. The summed E-state index contributed by atoms with van der Waals surface area (Å²) >= 11 is 0. The van der Waals surface area contributed by atoms with Crippen LogP contribution in [-0.4, -0.2) is 36.1 Å². The minimum absolute atomic E-state index is 0. The molecule has 1 aliphatic carbocycles. The number of hydrogen-bond acceptors (Lipinski definition) is 1. The van der Waals surface area contributed by atoms with Crippen LogP contribution in [0.2, 0.25) is 0 Å². The van der Waals surface area contributed by atoms with Crippen molar-refractivity contribution in [3.8, 4) is 0 Å². The first kappa shape index (κ1) is 11.6. The molecular weight excluding hydrogens is 155 g/mol. The summed E-state index contributed by atoms with van der Waals surface area (Å²) in [5.41, 5.74) is 0.506. The Bertz CT molecular complexity index is 166. The van der Waals surface area contributed by atoms with Gasteiger partial charge in [0, 0.05) is 11.6 Å². The van der Waals surface area contributed by atoms with Crippen LogP contribution in [0.15, 0.2) is 0 Å². The van der Waals surface area contributed by atoms with E-state index < -0.39 is 0 Å². The van der Waals surface area contributed by atoms with Gasteiger partial charge in [-0.25, -0.2) is 0 Å². The zero-order valence-electron chi connectivity index (χ0n) is 9.21. The molecule has 2 rings (SSSR count). The fourth-order valence-electron chi connectivity index (χ4n) is 2.63. The molecule has 0 aromatic rings. The van der Waals surface area contributed by atoms with Gasteiger partial charge in [-0.3, -0.25) is 4.90 Å². The summed E-state index contributed by atoms with van der Waals surface area (Å²) in [7, 11) is 0. The van der Waals surface area contributed by atoms with Gasteiger partial charge in [-0.15, -0.1) is 13.1 Å². The van der Waals surface area contributed by atoms with Crippen LogP contribution >= 0.6 is 0 Å². The molecule has 0 amide bonds. The Morgan fingerprint density at radius 1 is 1.31 bits per heavy atom. The minimum Gasteiger partial charge on any atom is -0.660 e. The van der Waals surface area contributed by atoms with Crippen molar-refractivity contribution in [2.24, 2.45) is 0 Å². The van der Waals surface area contributed by atoms with Gasteiger partial charge in [0.15, 0.2) is 0 Å². The molecule has 2 nitrogen and oxygen atoms in total. The summed E-state index contributed by atoms with van der Waals surface area (Å²) < 4.78 is 0. The molecule has 0 N–H and O–H groups in total. The molecule has 1 spiro atoms. The molecule has 3 heteroatoms. The maximum absolute atomic E-state index is 4.54. The summed E-state index contributed by atoms with van der Waals surface area (Å²) in [6.45, 7) is 7.97. The van der Waals surface area contributed by atoms with E-state index in [4.69, 9.17) is 0 Å². The van der Waals surface area contributed by atoms with E-state index in [1.165, 1.54) is 25.8 Å². The smallest absolute Gasteiger partial charge is 0.660 e. The zero-order valence-corrected chi connectivity index (χ0v) is 9.21. The third-order valence-corrected chi connectivity index (χ3v) is 3.42. The predicted octanol–water partition coefficient (Wildman–Crippen LogP) is -0.989.